The van der Waals surface area contributed by atoms with Gasteiger partial charge in [-0.15, -0.1) is 0 Å². The Morgan fingerprint density at radius 1 is 1.11 bits per heavy atom. The van der Waals surface area contributed by atoms with Crippen LogP contribution in [0.2, 0.25) is 0 Å². The Hall–Kier alpha value is -2.73. The first-order valence-corrected chi connectivity index (χ1v) is 9.75. The van der Waals surface area contributed by atoms with E-state index < -0.39 is 0 Å². The van der Waals surface area contributed by atoms with Crippen LogP contribution >= 0.6 is 0 Å². The van der Waals surface area contributed by atoms with Crippen molar-refractivity contribution in [1.82, 2.24) is 4.90 Å². The number of hydrogen-bond donors (Lipinski definition) is 2. The SMILES string of the molecule is CCc1ccc(NC(N)=NCCN2CCc3cc(OC)c(OC)cc3C2)cc1. The van der Waals surface area contributed by atoms with Crippen LogP contribution in [0.4, 0.5) is 5.69 Å². The molecule has 0 bridgehead atoms. The standard InChI is InChI=1S/C22H30N4O2/c1-4-16-5-7-19(8-6-16)25-22(23)24-10-12-26-11-9-17-13-20(27-2)21(28-3)14-18(17)15-26/h5-8,13-14H,4,9-12,15H2,1-3H3,(H3,23,24,25). The lowest BCUT2D eigenvalue weighted by Crippen LogP contribution is -2.33. The van der Waals surface area contributed by atoms with E-state index in [0.717, 1.165) is 49.7 Å². The number of anilines is 1. The second-order valence-electron chi connectivity index (χ2n) is 6.94. The zero-order valence-electron chi connectivity index (χ0n) is 17.0. The smallest absolute Gasteiger partial charge is 0.193 e. The van der Waals surface area contributed by atoms with Crippen LogP contribution in [-0.4, -0.2) is 44.7 Å². The van der Waals surface area contributed by atoms with Crippen molar-refractivity contribution >= 4 is 11.6 Å². The summed E-state index contributed by atoms with van der Waals surface area (Å²) < 4.78 is 10.8. The fourth-order valence-electron chi connectivity index (χ4n) is 3.46. The topological polar surface area (TPSA) is 72.1 Å². The van der Waals surface area contributed by atoms with E-state index in [1.165, 1.54) is 16.7 Å². The van der Waals surface area contributed by atoms with Crippen LogP contribution in [0.25, 0.3) is 0 Å². The number of methoxy groups -OCH3 is 2. The third-order valence-electron chi connectivity index (χ3n) is 5.13. The van der Waals surface area contributed by atoms with Gasteiger partial charge in [-0.2, -0.15) is 0 Å². The van der Waals surface area contributed by atoms with Gasteiger partial charge in [0.25, 0.3) is 0 Å². The molecule has 0 unspecified atom stereocenters. The van der Waals surface area contributed by atoms with Gasteiger partial charge in [0, 0.05) is 25.3 Å². The molecule has 6 nitrogen and oxygen atoms in total. The normalized spacial score (nSPS) is 14.5. The van der Waals surface area contributed by atoms with E-state index in [9.17, 15) is 0 Å². The molecule has 1 aliphatic rings. The summed E-state index contributed by atoms with van der Waals surface area (Å²) in [5, 5.41) is 3.15. The van der Waals surface area contributed by atoms with E-state index in [2.05, 4.69) is 46.4 Å². The molecule has 2 aromatic rings. The molecule has 6 heteroatoms. The summed E-state index contributed by atoms with van der Waals surface area (Å²) in [6, 6.07) is 12.4. The zero-order valence-corrected chi connectivity index (χ0v) is 17.0. The molecule has 0 atom stereocenters. The van der Waals surface area contributed by atoms with Crippen LogP contribution in [0.3, 0.4) is 0 Å². The van der Waals surface area contributed by atoms with Crippen molar-refractivity contribution in [3.8, 4) is 11.5 Å². The van der Waals surface area contributed by atoms with E-state index >= 15 is 0 Å². The number of ether oxygens (including phenoxy) is 2. The number of benzene rings is 2. The van der Waals surface area contributed by atoms with Gasteiger partial charge in [-0.25, -0.2) is 0 Å². The van der Waals surface area contributed by atoms with Gasteiger partial charge < -0.3 is 20.5 Å². The van der Waals surface area contributed by atoms with Crippen molar-refractivity contribution in [2.24, 2.45) is 10.7 Å². The van der Waals surface area contributed by atoms with Crippen molar-refractivity contribution in [2.75, 3.05) is 39.2 Å². The van der Waals surface area contributed by atoms with Crippen molar-refractivity contribution in [1.29, 1.82) is 0 Å². The van der Waals surface area contributed by atoms with E-state index in [-0.39, 0.29) is 0 Å². The minimum absolute atomic E-state index is 0.452. The van der Waals surface area contributed by atoms with Gasteiger partial charge in [0.05, 0.1) is 20.8 Å². The third kappa shape index (κ3) is 4.95. The zero-order chi connectivity index (χ0) is 19.9. The number of hydrogen-bond acceptors (Lipinski definition) is 4. The first-order valence-electron chi connectivity index (χ1n) is 9.75. The summed E-state index contributed by atoms with van der Waals surface area (Å²) in [6.45, 7) is 5.56. The molecule has 28 heavy (non-hydrogen) atoms. The lowest BCUT2D eigenvalue weighted by molar-refractivity contribution is 0.260. The Labute approximate surface area is 167 Å². The molecule has 150 valence electrons. The molecule has 0 aliphatic carbocycles. The second-order valence-corrected chi connectivity index (χ2v) is 6.94. The van der Waals surface area contributed by atoms with Gasteiger partial charge in [0.15, 0.2) is 17.5 Å². The Morgan fingerprint density at radius 3 is 2.43 bits per heavy atom. The number of nitrogens with zero attached hydrogens (tertiary/aromatic N) is 2. The second kappa shape index (κ2) is 9.46. The molecule has 0 amide bonds. The third-order valence-corrected chi connectivity index (χ3v) is 5.13. The molecule has 0 spiro atoms. The number of rotatable bonds is 7. The molecule has 2 aromatic carbocycles. The highest BCUT2D eigenvalue weighted by molar-refractivity contribution is 5.92. The summed E-state index contributed by atoms with van der Waals surface area (Å²) in [7, 11) is 3.35. The maximum absolute atomic E-state index is 6.03. The molecule has 0 radical (unpaired) electrons. The molecule has 0 saturated carbocycles. The fraction of sp³-hybridized carbons (Fsp3) is 0.409. The fourth-order valence-corrected chi connectivity index (χ4v) is 3.46. The Bertz CT molecular complexity index is 818. The van der Waals surface area contributed by atoms with Crippen LogP contribution in [-0.2, 0) is 19.4 Å². The minimum Gasteiger partial charge on any atom is -0.493 e. The number of aliphatic imine (C=N–C) groups is 1. The molecular formula is C22H30N4O2. The quantitative estimate of drug-likeness (QED) is 0.569. The van der Waals surface area contributed by atoms with Gasteiger partial charge in [-0.3, -0.25) is 9.89 Å². The van der Waals surface area contributed by atoms with Gasteiger partial charge >= 0.3 is 0 Å². The molecular weight excluding hydrogens is 352 g/mol. The molecule has 3 rings (SSSR count). The van der Waals surface area contributed by atoms with Crippen LogP contribution in [0.1, 0.15) is 23.6 Å². The van der Waals surface area contributed by atoms with Gasteiger partial charge in [-0.05, 0) is 53.8 Å². The number of fused-ring (bicyclic) bond motifs is 1. The van der Waals surface area contributed by atoms with Gasteiger partial charge in [0.2, 0.25) is 0 Å². The highest BCUT2D eigenvalue weighted by Crippen LogP contribution is 2.33. The maximum atomic E-state index is 6.03. The molecule has 1 heterocycles. The lowest BCUT2D eigenvalue weighted by atomic mass is 9.99. The van der Waals surface area contributed by atoms with E-state index in [1.54, 1.807) is 14.2 Å². The highest BCUT2D eigenvalue weighted by atomic mass is 16.5. The minimum atomic E-state index is 0.452. The number of aryl methyl sites for hydroxylation is 1. The largest absolute Gasteiger partial charge is 0.493 e. The molecule has 3 N–H and O–H groups in total. The van der Waals surface area contributed by atoms with E-state index in [4.69, 9.17) is 15.2 Å². The van der Waals surface area contributed by atoms with E-state index in [1.807, 2.05) is 12.1 Å². The molecule has 0 aromatic heterocycles. The van der Waals surface area contributed by atoms with Gasteiger partial charge in [0.1, 0.15) is 0 Å². The van der Waals surface area contributed by atoms with Crippen molar-refractivity contribution in [2.45, 2.75) is 26.3 Å². The maximum Gasteiger partial charge on any atom is 0.193 e. The number of guanidine groups is 1. The van der Waals surface area contributed by atoms with Crippen molar-refractivity contribution in [3.63, 3.8) is 0 Å². The van der Waals surface area contributed by atoms with Crippen molar-refractivity contribution in [3.05, 3.63) is 53.1 Å². The van der Waals surface area contributed by atoms with Crippen molar-refractivity contribution < 1.29 is 9.47 Å². The summed E-state index contributed by atoms with van der Waals surface area (Å²) in [5.41, 5.74) is 10.9. The van der Waals surface area contributed by atoms with E-state index in [0.29, 0.717) is 12.5 Å². The summed E-state index contributed by atoms with van der Waals surface area (Å²) >= 11 is 0. The van der Waals surface area contributed by atoms with Crippen LogP contribution in [0.5, 0.6) is 11.5 Å². The Morgan fingerprint density at radius 2 is 1.79 bits per heavy atom. The summed E-state index contributed by atoms with van der Waals surface area (Å²) in [4.78, 5) is 6.86. The molecule has 0 fully saturated rings. The molecule has 0 saturated heterocycles. The summed E-state index contributed by atoms with van der Waals surface area (Å²) in [5.74, 6) is 2.03. The number of nitrogens with two attached hydrogens (primary N) is 1. The first kappa shape index (κ1) is 20.0. The Kier molecular flexibility index (Phi) is 6.76. The molecule has 1 aliphatic heterocycles. The van der Waals surface area contributed by atoms with Crippen LogP contribution in [0, 0.1) is 0 Å². The predicted molar refractivity (Wildman–Crippen MR) is 114 cm³/mol. The Balaban J connectivity index is 1.53. The highest BCUT2D eigenvalue weighted by Gasteiger charge is 2.19. The monoisotopic (exact) mass is 382 g/mol. The first-order chi connectivity index (χ1) is 13.6. The summed E-state index contributed by atoms with van der Waals surface area (Å²) in [6.07, 6.45) is 2.03. The lowest BCUT2D eigenvalue weighted by Gasteiger charge is -2.29. The van der Waals surface area contributed by atoms with Crippen LogP contribution < -0.4 is 20.5 Å². The number of nitrogens with one attached hydrogen (secondary N) is 1. The average Bonchev–Trinajstić information content (AvgIpc) is 2.73. The average molecular weight is 383 g/mol. The van der Waals surface area contributed by atoms with Crippen LogP contribution in [0.15, 0.2) is 41.4 Å². The van der Waals surface area contributed by atoms with Gasteiger partial charge in [-0.1, -0.05) is 19.1 Å². The predicted octanol–water partition coefficient (Wildman–Crippen LogP) is 3.05.